The molecule has 0 aliphatic heterocycles. The van der Waals surface area contributed by atoms with Crippen molar-refractivity contribution in [1.82, 2.24) is 4.98 Å². The smallest absolute Gasteiger partial charge is 0.139 e. The molecule has 2 heterocycles. The summed E-state index contributed by atoms with van der Waals surface area (Å²) in [6.07, 6.45) is 1.23. The second-order valence-corrected chi connectivity index (χ2v) is 14.0. The summed E-state index contributed by atoms with van der Waals surface area (Å²) >= 11 is 0. The number of benzene rings is 1. The molecule has 0 aliphatic carbocycles. The van der Waals surface area contributed by atoms with Gasteiger partial charge >= 0.3 is 0 Å². The van der Waals surface area contributed by atoms with E-state index < -0.39 is 26.7 Å². The monoisotopic (exact) mass is 382 g/mol. The molecule has 3 rings (SSSR count). The van der Waals surface area contributed by atoms with Gasteiger partial charge in [-0.3, -0.25) is 4.98 Å². The van der Waals surface area contributed by atoms with E-state index in [1.807, 2.05) is 42.6 Å². The van der Waals surface area contributed by atoms with Crippen molar-refractivity contribution in [1.29, 1.82) is 0 Å². The molecule has 27 heavy (non-hydrogen) atoms. The van der Waals surface area contributed by atoms with Gasteiger partial charge in [-0.25, -0.2) is 0 Å². The Morgan fingerprint density at radius 2 is 1.85 bits per heavy atom. The Balaban J connectivity index is 2.39. The molecule has 0 spiro atoms. The maximum absolute atomic E-state index is 8.72. The summed E-state index contributed by atoms with van der Waals surface area (Å²) in [5.74, 6) is 0.166. The lowest BCUT2D eigenvalue weighted by molar-refractivity contribution is 0.408. The second-order valence-electron chi connectivity index (χ2n) is 8.96. The highest BCUT2D eigenvalue weighted by atomic mass is 28.3. The first-order chi connectivity index (χ1) is 14.5. The van der Waals surface area contributed by atoms with Crippen molar-refractivity contribution in [2.45, 2.75) is 53.6 Å². The maximum atomic E-state index is 8.72. The van der Waals surface area contributed by atoms with Gasteiger partial charge in [-0.1, -0.05) is 70.7 Å². The molecule has 0 saturated heterocycles. The van der Waals surface area contributed by atoms with E-state index >= 15 is 0 Å². The van der Waals surface area contributed by atoms with Crippen molar-refractivity contribution in [2.75, 3.05) is 0 Å². The lowest BCUT2D eigenvalue weighted by Gasteiger charge is -2.19. The minimum absolute atomic E-state index is 0.0671. The predicted molar refractivity (Wildman–Crippen MR) is 118 cm³/mol. The Morgan fingerprint density at radius 1 is 1.15 bits per heavy atom. The lowest BCUT2D eigenvalue weighted by Crippen LogP contribution is -2.38. The fraction of sp³-hybridized carbons (Fsp3) is 0.375. The summed E-state index contributed by atoms with van der Waals surface area (Å²) in [7, 11) is -1.76. The zero-order chi connectivity index (χ0) is 24.1. The molecule has 0 aliphatic rings. The highest BCUT2D eigenvalue weighted by Gasteiger charge is 2.24. The quantitative estimate of drug-likeness (QED) is 0.485. The molecular weight excluding hydrogens is 346 g/mol. The summed E-state index contributed by atoms with van der Waals surface area (Å²) < 4.78 is 48.1. The summed E-state index contributed by atoms with van der Waals surface area (Å²) in [6.45, 7) is 9.31. The highest BCUT2D eigenvalue weighted by Crippen LogP contribution is 2.36. The van der Waals surface area contributed by atoms with Gasteiger partial charge in [-0.05, 0) is 41.0 Å². The van der Waals surface area contributed by atoms with E-state index in [1.54, 1.807) is 20.8 Å². The van der Waals surface area contributed by atoms with Crippen LogP contribution in [0.5, 0.6) is 0 Å². The van der Waals surface area contributed by atoms with Gasteiger partial charge < -0.3 is 4.42 Å². The number of furan rings is 1. The SMILES string of the molecule is [2H]C([2H])([2H])c1c(C([2H])([2H])C(C)(C)C)coc1-c1cc([Si](C)(C)C)cnc1-c1ccccc1. The van der Waals surface area contributed by atoms with Gasteiger partial charge in [0.1, 0.15) is 5.76 Å². The minimum Gasteiger partial charge on any atom is -0.464 e. The topological polar surface area (TPSA) is 26.0 Å². The van der Waals surface area contributed by atoms with Crippen LogP contribution < -0.4 is 5.19 Å². The zero-order valence-electron chi connectivity index (χ0n) is 22.0. The van der Waals surface area contributed by atoms with Crippen LogP contribution in [-0.4, -0.2) is 13.1 Å². The van der Waals surface area contributed by atoms with E-state index in [0.717, 1.165) is 10.8 Å². The van der Waals surface area contributed by atoms with Crippen LogP contribution in [0, 0.1) is 12.3 Å². The number of aromatic nitrogens is 1. The largest absolute Gasteiger partial charge is 0.464 e. The Labute approximate surface area is 171 Å². The summed E-state index contributed by atoms with van der Waals surface area (Å²) in [5.41, 5.74) is 1.21. The van der Waals surface area contributed by atoms with Gasteiger partial charge in [-0.15, -0.1) is 0 Å². The zero-order valence-corrected chi connectivity index (χ0v) is 18.0. The standard InChI is InChI=1S/C24H31NOSi/c1-17-19(14-24(2,3)4)16-26-23(17)21-13-20(27(5,6)7)15-25-22(21)18-11-9-8-10-12-18/h8-13,15-16H,14H2,1-7H3/i1D3,14D2. The average Bonchev–Trinajstić information content (AvgIpc) is 3.13. The normalized spacial score (nSPS) is 16.1. The maximum Gasteiger partial charge on any atom is 0.139 e. The third-order valence-corrected chi connectivity index (χ3v) is 6.35. The third kappa shape index (κ3) is 4.41. The molecule has 0 N–H and O–H groups in total. The van der Waals surface area contributed by atoms with Crippen molar-refractivity contribution >= 4 is 13.3 Å². The number of hydrogen-bond acceptors (Lipinski definition) is 2. The molecule has 0 amide bonds. The molecule has 0 fully saturated rings. The van der Waals surface area contributed by atoms with Gasteiger partial charge in [0.05, 0.1) is 20.0 Å². The molecule has 0 atom stereocenters. The van der Waals surface area contributed by atoms with Gasteiger partial charge in [0.15, 0.2) is 0 Å². The molecule has 2 aromatic heterocycles. The molecule has 3 aromatic rings. The number of hydrogen-bond donors (Lipinski definition) is 0. The molecule has 0 unspecified atom stereocenters. The summed E-state index contributed by atoms with van der Waals surface area (Å²) in [6, 6.07) is 11.6. The van der Waals surface area contributed by atoms with E-state index in [0.29, 0.717) is 11.3 Å². The van der Waals surface area contributed by atoms with Crippen LogP contribution in [0.3, 0.4) is 0 Å². The molecule has 0 saturated carbocycles. The van der Waals surface area contributed by atoms with Crippen LogP contribution in [0.2, 0.25) is 19.6 Å². The Morgan fingerprint density at radius 3 is 2.44 bits per heavy atom. The van der Waals surface area contributed by atoms with Gasteiger partial charge in [0, 0.05) is 24.2 Å². The van der Waals surface area contributed by atoms with E-state index in [-0.39, 0.29) is 16.9 Å². The molecule has 0 radical (unpaired) electrons. The third-order valence-electron chi connectivity index (χ3n) is 4.35. The molecule has 0 bridgehead atoms. The fourth-order valence-corrected chi connectivity index (χ4v) is 3.96. The van der Waals surface area contributed by atoms with Crippen LogP contribution in [0.4, 0.5) is 0 Å². The Bertz CT molecular complexity index is 1110. The lowest BCUT2D eigenvalue weighted by atomic mass is 9.87. The van der Waals surface area contributed by atoms with Crippen molar-refractivity contribution in [2.24, 2.45) is 5.41 Å². The van der Waals surface area contributed by atoms with Crippen LogP contribution in [0.25, 0.3) is 22.6 Å². The molecule has 142 valence electrons. The van der Waals surface area contributed by atoms with E-state index in [2.05, 4.69) is 19.6 Å². The molecule has 2 nitrogen and oxygen atoms in total. The molecule has 3 heteroatoms. The second kappa shape index (κ2) is 7.12. The predicted octanol–water partition coefficient (Wildman–Crippen LogP) is 6.45. The van der Waals surface area contributed by atoms with Gasteiger partial charge in [0.25, 0.3) is 0 Å². The summed E-state index contributed by atoms with van der Waals surface area (Å²) in [5, 5.41) is 1.07. The van der Waals surface area contributed by atoms with Crippen LogP contribution in [0.15, 0.2) is 53.3 Å². The van der Waals surface area contributed by atoms with Gasteiger partial charge in [0.2, 0.25) is 0 Å². The summed E-state index contributed by atoms with van der Waals surface area (Å²) in [4.78, 5) is 4.73. The Kier molecular flexibility index (Phi) is 3.68. The van der Waals surface area contributed by atoms with Crippen molar-refractivity contribution < 1.29 is 11.3 Å². The first-order valence-electron chi connectivity index (χ1n) is 11.7. The van der Waals surface area contributed by atoms with E-state index in [1.165, 1.54) is 6.26 Å². The first-order valence-corrected chi connectivity index (χ1v) is 12.7. The number of rotatable bonds is 4. The van der Waals surface area contributed by atoms with Crippen LogP contribution in [0.1, 0.15) is 38.8 Å². The number of nitrogens with zero attached hydrogens (tertiary/aromatic N) is 1. The fourth-order valence-electron chi connectivity index (χ4n) is 2.93. The Hall–Kier alpha value is -2.13. The number of pyridine rings is 1. The van der Waals surface area contributed by atoms with Crippen LogP contribution in [-0.2, 0) is 6.37 Å². The molecule has 1 aromatic carbocycles. The molecular formula is C24H31NOSi. The minimum atomic E-state index is -2.56. The van der Waals surface area contributed by atoms with Crippen LogP contribution >= 0.6 is 0 Å². The van der Waals surface area contributed by atoms with E-state index in [4.69, 9.17) is 16.3 Å². The van der Waals surface area contributed by atoms with Gasteiger partial charge in [-0.2, -0.15) is 0 Å². The van der Waals surface area contributed by atoms with Crippen molar-refractivity contribution in [3.63, 3.8) is 0 Å². The van der Waals surface area contributed by atoms with Crippen molar-refractivity contribution in [3.8, 4) is 22.6 Å². The average molecular weight is 383 g/mol. The first kappa shape index (κ1) is 13.9. The van der Waals surface area contributed by atoms with Crippen molar-refractivity contribution in [3.05, 3.63) is 60.0 Å². The highest BCUT2D eigenvalue weighted by molar-refractivity contribution is 6.88. The van der Waals surface area contributed by atoms with E-state index in [9.17, 15) is 0 Å².